The molecule has 0 saturated carbocycles. The minimum Gasteiger partial charge on any atom is -0.326 e. The summed E-state index contributed by atoms with van der Waals surface area (Å²) in [5.74, 6) is -0.0377. The zero-order valence-electron chi connectivity index (χ0n) is 9.87. The fourth-order valence-electron chi connectivity index (χ4n) is 1.34. The highest BCUT2D eigenvalue weighted by atomic mass is 35.5. The third-order valence-corrected chi connectivity index (χ3v) is 2.97. The maximum absolute atomic E-state index is 11.6. The van der Waals surface area contributed by atoms with Crippen LogP contribution in [0.4, 0.5) is 5.69 Å². The lowest BCUT2D eigenvalue weighted by Crippen LogP contribution is -2.21. The van der Waals surface area contributed by atoms with Crippen molar-refractivity contribution < 1.29 is 14.9 Å². The van der Waals surface area contributed by atoms with Crippen LogP contribution >= 0.6 is 11.6 Å². The Morgan fingerprint density at radius 1 is 1.59 bits per heavy atom. The Hall–Kier alpha value is -1.10. The SMILES string of the molecule is Cc1cc(NC(=O)C(C)CCl)ccc1COO. The highest BCUT2D eigenvalue weighted by Gasteiger charge is 2.11. The van der Waals surface area contributed by atoms with E-state index in [1.165, 1.54) is 0 Å². The minimum atomic E-state index is -0.225. The van der Waals surface area contributed by atoms with Gasteiger partial charge in [0.25, 0.3) is 0 Å². The van der Waals surface area contributed by atoms with Crippen LogP contribution < -0.4 is 5.32 Å². The molecule has 0 heterocycles. The normalized spacial score (nSPS) is 12.2. The molecule has 17 heavy (non-hydrogen) atoms. The molecule has 1 aromatic rings. The molecule has 1 atom stereocenters. The standard InChI is InChI=1S/C12H16ClNO3/c1-8-5-11(4-3-10(8)7-17-16)14-12(15)9(2)6-13/h3-5,9,16H,6-7H2,1-2H3,(H,14,15). The van der Waals surface area contributed by atoms with Gasteiger partial charge in [0.2, 0.25) is 5.91 Å². The number of hydrogen-bond acceptors (Lipinski definition) is 3. The van der Waals surface area contributed by atoms with Crippen molar-refractivity contribution in [3.63, 3.8) is 0 Å². The van der Waals surface area contributed by atoms with Crippen LogP contribution in [-0.4, -0.2) is 17.0 Å². The molecule has 0 saturated heterocycles. The van der Waals surface area contributed by atoms with Gasteiger partial charge < -0.3 is 5.32 Å². The van der Waals surface area contributed by atoms with E-state index < -0.39 is 0 Å². The van der Waals surface area contributed by atoms with Crippen LogP contribution in [0, 0.1) is 12.8 Å². The number of rotatable bonds is 5. The van der Waals surface area contributed by atoms with Crippen LogP contribution in [0.15, 0.2) is 18.2 Å². The van der Waals surface area contributed by atoms with E-state index in [-0.39, 0.29) is 18.4 Å². The highest BCUT2D eigenvalue weighted by molar-refractivity contribution is 6.19. The Balaban J connectivity index is 2.73. The molecule has 1 rings (SSSR count). The molecule has 1 unspecified atom stereocenters. The predicted molar refractivity (Wildman–Crippen MR) is 67.1 cm³/mol. The average Bonchev–Trinajstić information content (AvgIpc) is 2.31. The molecule has 4 nitrogen and oxygen atoms in total. The third-order valence-electron chi connectivity index (χ3n) is 2.51. The van der Waals surface area contributed by atoms with Crippen molar-refractivity contribution in [1.82, 2.24) is 0 Å². The summed E-state index contributed by atoms with van der Waals surface area (Å²) in [7, 11) is 0. The first-order valence-corrected chi connectivity index (χ1v) is 5.84. The van der Waals surface area contributed by atoms with Crippen LogP contribution in [0.25, 0.3) is 0 Å². The van der Waals surface area contributed by atoms with Gasteiger partial charge in [0.1, 0.15) is 6.61 Å². The second-order valence-corrected chi connectivity index (χ2v) is 4.27. The first-order valence-electron chi connectivity index (χ1n) is 5.31. The van der Waals surface area contributed by atoms with Crippen molar-refractivity contribution in [3.8, 4) is 0 Å². The molecule has 1 amide bonds. The van der Waals surface area contributed by atoms with Gasteiger partial charge in [-0.2, -0.15) is 0 Å². The van der Waals surface area contributed by atoms with E-state index in [0.29, 0.717) is 11.6 Å². The van der Waals surface area contributed by atoms with E-state index >= 15 is 0 Å². The Labute approximate surface area is 105 Å². The Morgan fingerprint density at radius 3 is 2.82 bits per heavy atom. The molecule has 5 heteroatoms. The first-order chi connectivity index (χ1) is 8.08. The first kappa shape index (κ1) is 14.0. The van der Waals surface area contributed by atoms with Crippen molar-refractivity contribution in [3.05, 3.63) is 29.3 Å². The predicted octanol–water partition coefficient (Wildman–Crippen LogP) is 2.80. The lowest BCUT2D eigenvalue weighted by Gasteiger charge is -2.11. The highest BCUT2D eigenvalue weighted by Crippen LogP contribution is 2.16. The average molecular weight is 258 g/mol. The monoisotopic (exact) mass is 257 g/mol. The van der Waals surface area contributed by atoms with Crippen LogP contribution in [0.5, 0.6) is 0 Å². The molecule has 0 radical (unpaired) electrons. The maximum atomic E-state index is 11.6. The van der Waals surface area contributed by atoms with Gasteiger partial charge in [0.15, 0.2) is 0 Å². The molecule has 0 aliphatic carbocycles. The van der Waals surface area contributed by atoms with Crippen LogP contribution in [-0.2, 0) is 16.3 Å². The quantitative estimate of drug-likeness (QED) is 0.484. The molecule has 0 spiro atoms. The molecule has 0 fully saturated rings. The molecule has 2 N–H and O–H groups in total. The lowest BCUT2D eigenvalue weighted by molar-refractivity contribution is -0.253. The minimum absolute atomic E-state index is 0.106. The largest absolute Gasteiger partial charge is 0.326 e. The molecule has 0 aliphatic heterocycles. The number of carbonyl (C=O) groups excluding carboxylic acids is 1. The van der Waals surface area contributed by atoms with Gasteiger partial charge in [0, 0.05) is 17.5 Å². The van der Waals surface area contributed by atoms with Crippen LogP contribution in [0.3, 0.4) is 0 Å². The number of benzene rings is 1. The number of aryl methyl sites for hydroxylation is 1. The van der Waals surface area contributed by atoms with Crippen molar-refractivity contribution in [2.24, 2.45) is 5.92 Å². The van der Waals surface area contributed by atoms with Crippen LogP contribution in [0.1, 0.15) is 18.1 Å². The molecular formula is C12H16ClNO3. The Kier molecular flexibility index (Phi) is 5.41. The second-order valence-electron chi connectivity index (χ2n) is 3.96. The summed E-state index contributed by atoms with van der Waals surface area (Å²) in [5.41, 5.74) is 2.53. The van der Waals surface area contributed by atoms with E-state index in [0.717, 1.165) is 11.1 Å². The van der Waals surface area contributed by atoms with Crippen molar-refractivity contribution >= 4 is 23.2 Å². The number of alkyl halides is 1. The topological polar surface area (TPSA) is 58.6 Å². The number of carbonyl (C=O) groups is 1. The summed E-state index contributed by atoms with van der Waals surface area (Å²) < 4.78 is 0. The van der Waals surface area contributed by atoms with Gasteiger partial charge in [-0.1, -0.05) is 13.0 Å². The maximum Gasteiger partial charge on any atom is 0.228 e. The van der Waals surface area contributed by atoms with E-state index in [2.05, 4.69) is 10.2 Å². The molecule has 1 aromatic carbocycles. The molecule has 0 aliphatic rings. The molecular weight excluding hydrogens is 242 g/mol. The van der Waals surface area contributed by atoms with Crippen molar-refractivity contribution in [1.29, 1.82) is 0 Å². The Bertz CT molecular complexity index is 395. The summed E-state index contributed by atoms with van der Waals surface area (Å²) in [6, 6.07) is 5.39. The number of hydrogen-bond donors (Lipinski definition) is 2. The van der Waals surface area contributed by atoms with Gasteiger partial charge in [-0.15, -0.1) is 11.6 Å². The van der Waals surface area contributed by atoms with E-state index in [4.69, 9.17) is 16.9 Å². The number of amides is 1. The van der Waals surface area contributed by atoms with E-state index in [1.54, 1.807) is 19.1 Å². The fourth-order valence-corrected chi connectivity index (χ4v) is 1.48. The molecule has 0 bridgehead atoms. The second kappa shape index (κ2) is 6.59. The third kappa shape index (κ3) is 4.00. The summed E-state index contributed by atoms with van der Waals surface area (Å²) in [5, 5.41) is 11.2. The lowest BCUT2D eigenvalue weighted by atomic mass is 10.1. The van der Waals surface area contributed by atoms with Crippen LogP contribution in [0.2, 0.25) is 0 Å². The summed E-state index contributed by atoms with van der Waals surface area (Å²) >= 11 is 5.61. The van der Waals surface area contributed by atoms with Gasteiger partial charge >= 0.3 is 0 Å². The van der Waals surface area contributed by atoms with Crippen molar-refractivity contribution in [2.45, 2.75) is 20.5 Å². The summed E-state index contributed by atoms with van der Waals surface area (Å²) in [6.45, 7) is 3.79. The van der Waals surface area contributed by atoms with Crippen molar-refractivity contribution in [2.75, 3.05) is 11.2 Å². The summed E-state index contributed by atoms with van der Waals surface area (Å²) in [4.78, 5) is 15.7. The van der Waals surface area contributed by atoms with Gasteiger partial charge in [-0.05, 0) is 30.2 Å². The number of nitrogens with one attached hydrogen (secondary N) is 1. The van der Waals surface area contributed by atoms with Gasteiger partial charge in [0.05, 0.1) is 0 Å². The molecule has 94 valence electrons. The van der Waals surface area contributed by atoms with E-state index in [9.17, 15) is 4.79 Å². The fraction of sp³-hybridized carbons (Fsp3) is 0.417. The molecule has 0 aromatic heterocycles. The number of anilines is 1. The number of halogens is 1. The van der Waals surface area contributed by atoms with Gasteiger partial charge in [-0.25, -0.2) is 4.89 Å². The zero-order chi connectivity index (χ0) is 12.8. The summed E-state index contributed by atoms with van der Waals surface area (Å²) in [6.07, 6.45) is 0. The Morgan fingerprint density at radius 2 is 2.29 bits per heavy atom. The van der Waals surface area contributed by atoms with E-state index in [1.807, 2.05) is 13.0 Å². The zero-order valence-corrected chi connectivity index (χ0v) is 10.6. The van der Waals surface area contributed by atoms with Gasteiger partial charge in [-0.3, -0.25) is 10.1 Å². The smallest absolute Gasteiger partial charge is 0.228 e.